The van der Waals surface area contributed by atoms with Gasteiger partial charge in [-0.1, -0.05) is 66.7 Å². The van der Waals surface area contributed by atoms with Crippen LogP contribution in [-0.2, 0) is 16.8 Å². The third-order valence-corrected chi connectivity index (χ3v) is 5.31. The Hall–Kier alpha value is -3.44. The number of para-hydroxylation sites is 1. The van der Waals surface area contributed by atoms with Crippen LogP contribution in [0.5, 0.6) is 0 Å². The lowest BCUT2D eigenvalue weighted by molar-refractivity contribution is 0.0294. The van der Waals surface area contributed by atoms with E-state index >= 15 is 0 Å². The molecule has 1 unspecified atom stereocenters. The summed E-state index contributed by atoms with van der Waals surface area (Å²) in [6, 6.07) is 21.8. The second kappa shape index (κ2) is 7.67. The van der Waals surface area contributed by atoms with Crippen LogP contribution in [0.3, 0.4) is 0 Å². The van der Waals surface area contributed by atoms with Crippen LogP contribution in [0.4, 0.5) is 10.5 Å². The Kier molecular flexibility index (Phi) is 5.15. The molecule has 1 atom stereocenters. The monoisotopic (exact) mass is 415 g/mol. The first-order valence-electron chi connectivity index (χ1n) is 10.2. The Morgan fingerprint density at radius 1 is 0.903 bits per heavy atom. The van der Waals surface area contributed by atoms with E-state index in [0.29, 0.717) is 22.4 Å². The van der Waals surface area contributed by atoms with Gasteiger partial charge in [-0.3, -0.25) is 10.1 Å². The molecular formula is C26H25NO4. The van der Waals surface area contributed by atoms with Crippen LogP contribution in [0.2, 0.25) is 0 Å². The highest BCUT2D eigenvalue weighted by molar-refractivity contribution is 6.12. The van der Waals surface area contributed by atoms with Gasteiger partial charge in [-0.2, -0.15) is 0 Å². The molecule has 0 saturated heterocycles. The minimum absolute atomic E-state index is 0.0170. The van der Waals surface area contributed by atoms with Crippen molar-refractivity contribution in [3.63, 3.8) is 0 Å². The maximum Gasteiger partial charge on any atom is 0.412 e. The number of carbonyl (C=O) groups is 2. The minimum atomic E-state index is -1.75. The van der Waals surface area contributed by atoms with Crippen LogP contribution in [0, 0.1) is 0 Å². The fourth-order valence-corrected chi connectivity index (χ4v) is 4.00. The Morgan fingerprint density at radius 2 is 1.48 bits per heavy atom. The van der Waals surface area contributed by atoms with Crippen LogP contribution in [-0.4, -0.2) is 22.6 Å². The number of fused-ring (bicyclic) bond motifs is 3. The summed E-state index contributed by atoms with van der Waals surface area (Å²) in [5.41, 5.74) is 1.43. The Labute approximate surface area is 181 Å². The Morgan fingerprint density at radius 3 is 2.19 bits per heavy atom. The molecule has 3 aromatic rings. The predicted molar refractivity (Wildman–Crippen MR) is 120 cm³/mol. The second-order valence-corrected chi connectivity index (χ2v) is 8.74. The fraction of sp³-hybridized carbons (Fsp3) is 0.231. The molecule has 3 aromatic carbocycles. The highest BCUT2D eigenvalue weighted by Crippen LogP contribution is 2.44. The molecule has 5 heteroatoms. The van der Waals surface area contributed by atoms with Crippen molar-refractivity contribution < 1.29 is 19.4 Å². The average Bonchev–Trinajstić information content (AvgIpc) is 2.72. The summed E-state index contributed by atoms with van der Waals surface area (Å²) >= 11 is 0. The largest absolute Gasteiger partial charge is 0.444 e. The van der Waals surface area contributed by atoms with E-state index in [1.54, 1.807) is 57.2 Å². The van der Waals surface area contributed by atoms with E-state index in [-0.39, 0.29) is 12.2 Å². The van der Waals surface area contributed by atoms with Crippen molar-refractivity contribution in [2.24, 2.45) is 0 Å². The molecule has 5 nitrogen and oxygen atoms in total. The number of anilines is 1. The molecule has 0 aromatic heterocycles. The number of Topliss-reactive ketones (excluding diaryl/α,β-unsaturated/α-hetero) is 1. The lowest BCUT2D eigenvalue weighted by atomic mass is 9.72. The van der Waals surface area contributed by atoms with Gasteiger partial charge in [0.1, 0.15) is 5.60 Å². The molecule has 0 fully saturated rings. The molecule has 31 heavy (non-hydrogen) atoms. The fourth-order valence-electron chi connectivity index (χ4n) is 4.00. The quantitative estimate of drug-likeness (QED) is 0.606. The van der Waals surface area contributed by atoms with Crippen LogP contribution in [0.15, 0.2) is 72.8 Å². The van der Waals surface area contributed by atoms with E-state index in [0.717, 1.165) is 11.1 Å². The number of amides is 1. The maximum atomic E-state index is 13.5. The summed E-state index contributed by atoms with van der Waals surface area (Å²) < 4.78 is 5.36. The van der Waals surface area contributed by atoms with Gasteiger partial charge in [-0.05, 0) is 49.1 Å². The number of ether oxygens (including phenoxy) is 1. The van der Waals surface area contributed by atoms with E-state index in [9.17, 15) is 14.7 Å². The molecule has 0 radical (unpaired) electrons. The van der Waals surface area contributed by atoms with Gasteiger partial charge in [0.05, 0.1) is 0 Å². The second-order valence-electron chi connectivity index (χ2n) is 8.74. The summed E-state index contributed by atoms with van der Waals surface area (Å²) in [7, 11) is 0. The lowest BCUT2D eigenvalue weighted by Crippen LogP contribution is -2.41. The molecule has 0 bridgehead atoms. The van der Waals surface area contributed by atoms with Crippen LogP contribution in [0.25, 0.3) is 11.1 Å². The van der Waals surface area contributed by atoms with Gasteiger partial charge in [0, 0.05) is 17.7 Å². The Bertz CT molecular complexity index is 1160. The molecule has 0 saturated carbocycles. The van der Waals surface area contributed by atoms with Gasteiger partial charge >= 0.3 is 6.09 Å². The number of aliphatic hydroxyl groups is 1. The van der Waals surface area contributed by atoms with Crippen molar-refractivity contribution in [2.45, 2.75) is 38.4 Å². The van der Waals surface area contributed by atoms with Crippen LogP contribution in [0.1, 0.15) is 42.3 Å². The summed E-state index contributed by atoms with van der Waals surface area (Å²) in [6.45, 7) is 5.36. The maximum absolute atomic E-state index is 13.5. The van der Waals surface area contributed by atoms with Crippen molar-refractivity contribution in [1.29, 1.82) is 0 Å². The van der Waals surface area contributed by atoms with E-state index < -0.39 is 17.3 Å². The zero-order chi connectivity index (χ0) is 22.2. The van der Waals surface area contributed by atoms with Gasteiger partial charge in [-0.15, -0.1) is 0 Å². The topological polar surface area (TPSA) is 75.6 Å². The van der Waals surface area contributed by atoms with Crippen molar-refractivity contribution in [2.75, 3.05) is 5.32 Å². The molecule has 158 valence electrons. The summed E-state index contributed by atoms with van der Waals surface area (Å²) in [6.07, 6.45) is -0.573. The molecule has 2 N–H and O–H groups in total. The van der Waals surface area contributed by atoms with Gasteiger partial charge in [0.2, 0.25) is 0 Å². The molecule has 1 aliphatic rings. The zero-order valence-corrected chi connectivity index (χ0v) is 17.8. The molecule has 1 aliphatic carbocycles. The zero-order valence-electron chi connectivity index (χ0n) is 17.8. The first-order chi connectivity index (χ1) is 14.7. The van der Waals surface area contributed by atoms with Crippen LogP contribution < -0.4 is 5.32 Å². The minimum Gasteiger partial charge on any atom is -0.444 e. The smallest absolute Gasteiger partial charge is 0.412 e. The van der Waals surface area contributed by atoms with Crippen molar-refractivity contribution in [1.82, 2.24) is 0 Å². The highest BCUT2D eigenvalue weighted by Gasteiger charge is 2.45. The lowest BCUT2D eigenvalue weighted by Gasteiger charge is -2.35. The highest BCUT2D eigenvalue weighted by atomic mass is 16.6. The van der Waals surface area contributed by atoms with E-state index in [4.69, 9.17) is 4.74 Å². The number of ketones is 1. The average molecular weight is 415 g/mol. The van der Waals surface area contributed by atoms with Crippen molar-refractivity contribution in [3.05, 3.63) is 89.5 Å². The number of hydrogen-bond acceptors (Lipinski definition) is 4. The summed E-state index contributed by atoms with van der Waals surface area (Å²) in [5.74, 6) is -0.353. The molecule has 0 heterocycles. The van der Waals surface area contributed by atoms with Gasteiger partial charge in [0.15, 0.2) is 11.4 Å². The first kappa shape index (κ1) is 20.8. The van der Waals surface area contributed by atoms with E-state index in [1.165, 1.54) is 0 Å². The number of carbonyl (C=O) groups excluding carboxylic acids is 2. The molecular weight excluding hydrogens is 390 g/mol. The number of hydrogen-bond donors (Lipinski definition) is 2. The normalized spacial score (nSPS) is 17.5. The molecule has 4 rings (SSSR count). The van der Waals surface area contributed by atoms with E-state index in [1.807, 2.05) is 36.4 Å². The third kappa shape index (κ3) is 3.97. The number of nitrogens with one attached hydrogen (secondary N) is 1. The molecule has 0 aliphatic heterocycles. The third-order valence-electron chi connectivity index (χ3n) is 5.31. The summed E-state index contributed by atoms with van der Waals surface area (Å²) in [5, 5.41) is 14.5. The molecule has 1 amide bonds. The number of rotatable bonds is 3. The van der Waals surface area contributed by atoms with Crippen molar-refractivity contribution >= 4 is 17.6 Å². The van der Waals surface area contributed by atoms with Gasteiger partial charge < -0.3 is 9.84 Å². The van der Waals surface area contributed by atoms with Gasteiger partial charge in [0.25, 0.3) is 0 Å². The summed E-state index contributed by atoms with van der Waals surface area (Å²) in [4.78, 5) is 25.8. The van der Waals surface area contributed by atoms with Crippen molar-refractivity contribution in [3.8, 4) is 11.1 Å². The molecule has 0 spiro atoms. The van der Waals surface area contributed by atoms with E-state index in [2.05, 4.69) is 5.32 Å². The standard InChI is InChI=1S/C26H25NO4/c1-25(2,3)31-24(29)27-22-15-9-4-10-17(22)16-26(30)21-14-8-7-12-19(21)18-11-5-6-13-20(18)23(26)28/h4-15,30H,16H2,1-3H3,(H,27,29). The predicted octanol–water partition coefficient (Wildman–Crippen LogP) is 5.33. The van der Waals surface area contributed by atoms with Gasteiger partial charge in [-0.25, -0.2) is 4.79 Å². The van der Waals surface area contributed by atoms with Crippen LogP contribution >= 0.6 is 0 Å². The SMILES string of the molecule is CC(C)(C)OC(=O)Nc1ccccc1CC1(O)C(=O)c2ccccc2-c2ccccc21. The first-order valence-corrected chi connectivity index (χ1v) is 10.2. The number of benzene rings is 3. The Balaban J connectivity index is 1.74.